The second kappa shape index (κ2) is 7.85. The lowest BCUT2D eigenvalue weighted by Crippen LogP contribution is -2.42. The lowest BCUT2D eigenvalue weighted by molar-refractivity contribution is 0.445. The number of hydrogen-bond acceptors (Lipinski definition) is 4. The second-order valence-corrected chi connectivity index (χ2v) is 7.06. The molecule has 1 heterocycles. The van der Waals surface area contributed by atoms with Crippen molar-refractivity contribution in [1.82, 2.24) is 14.9 Å². The molecule has 0 spiro atoms. The van der Waals surface area contributed by atoms with E-state index in [9.17, 15) is 8.42 Å². The van der Waals surface area contributed by atoms with Crippen LogP contribution in [0.5, 0.6) is 0 Å². The fraction of sp³-hybridized carbons (Fsp3) is 0.900. The fourth-order valence-electron chi connectivity index (χ4n) is 1.73. The van der Waals surface area contributed by atoms with Crippen LogP contribution in [-0.2, 0) is 10.0 Å². The number of guanidine groups is 1. The molecule has 106 valence electrons. The Hall–Kier alpha value is -0.470. The molecule has 1 fully saturated rings. The number of rotatable bonds is 6. The van der Waals surface area contributed by atoms with Crippen LogP contribution in [0.2, 0.25) is 0 Å². The van der Waals surface area contributed by atoms with E-state index in [-0.39, 0.29) is 5.75 Å². The maximum Gasteiger partial charge on any atom is 0.214 e. The number of thioether (sulfide) groups is 1. The van der Waals surface area contributed by atoms with Gasteiger partial charge in [-0.2, -0.15) is 11.8 Å². The molecule has 18 heavy (non-hydrogen) atoms. The minimum Gasteiger partial charge on any atom is -0.356 e. The van der Waals surface area contributed by atoms with Gasteiger partial charge in [0.05, 0.1) is 5.75 Å². The summed E-state index contributed by atoms with van der Waals surface area (Å²) in [5, 5.41) is 6.28. The van der Waals surface area contributed by atoms with Gasteiger partial charge in [0.1, 0.15) is 0 Å². The zero-order valence-electron chi connectivity index (χ0n) is 11.0. The summed E-state index contributed by atoms with van der Waals surface area (Å²) in [5.41, 5.74) is 0. The molecule has 1 rings (SSSR count). The second-order valence-electron chi connectivity index (χ2n) is 3.99. The quantitative estimate of drug-likeness (QED) is 0.394. The van der Waals surface area contributed by atoms with Gasteiger partial charge >= 0.3 is 0 Å². The van der Waals surface area contributed by atoms with Gasteiger partial charge in [0, 0.05) is 39.0 Å². The van der Waals surface area contributed by atoms with Crippen LogP contribution in [0.1, 0.15) is 6.42 Å². The van der Waals surface area contributed by atoms with Crippen LogP contribution in [-0.4, -0.2) is 69.7 Å². The third kappa shape index (κ3) is 5.03. The summed E-state index contributed by atoms with van der Waals surface area (Å²) in [6, 6.07) is 0. The minimum atomic E-state index is -2.98. The first-order valence-electron chi connectivity index (χ1n) is 6.01. The molecule has 0 aromatic carbocycles. The molecule has 2 N–H and O–H groups in total. The van der Waals surface area contributed by atoms with Gasteiger partial charge in [-0.05, 0) is 12.7 Å². The third-order valence-corrected chi connectivity index (χ3v) is 5.25. The molecule has 0 radical (unpaired) electrons. The maximum atomic E-state index is 11.6. The van der Waals surface area contributed by atoms with Crippen LogP contribution < -0.4 is 10.6 Å². The molecule has 1 aliphatic heterocycles. The lowest BCUT2D eigenvalue weighted by atomic mass is 10.5. The van der Waals surface area contributed by atoms with Crippen LogP contribution in [0.4, 0.5) is 0 Å². The van der Waals surface area contributed by atoms with Gasteiger partial charge in [0.2, 0.25) is 10.0 Å². The number of hydrogen-bond donors (Lipinski definition) is 2. The molecule has 0 saturated carbocycles. The van der Waals surface area contributed by atoms with Gasteiger partial charge in [0.15, 0.2) is 5.96 Å². The van der Waals surface area contributed by atoms with E-state index in [1.807, 2.05) is 0 Å². The van der Waals surface area contributed by atoms with Crippen molar-refractivity contribution in [3.05, 3.63) is 0 Å². The van der Waals surface area contributed by atoms with Crippen molar-refractivity contribution in [2.75, 3.05) is 51.0 Å². The molecule has 0 amide bonds. The largest absolute Gasteiger partial charge is 0.356 e. The van der Waals surface area contributed by atoms with Crippen LogP contribution in [0.3, 0.4) is 0 Å². The van der Waals surface area contributed by atoms with Crippen molar-refractivity contribution in [3.63, 3.8) is 0 Å². The average Bonchev–Trinajstić information content (AvgIpc) is 2.67. The van der Waals surface area contributed by atoms with Gasteiger partial charge < -0.3 is 10.6 Å². The summed E-state index contributed by atoms with van der Waals surface area (Å²) < 4.78 is 24.7. The molecular weight excluding hydrogens is 272 g/mol. The Bertz CT molecular complexity index is 370. The normalized spacial score (nSPS) is 20.0. The highest BCUT2D eigenvalue weighted by Gasteiger charge is 2.27. The van der Waals surface area contributed by atoms with Crippen molar-refractivity contribution in [3.8, 4) is 0 Å². The van der Waals surface area contributed by atoms with Crippen molar-refractivity contribution < 1.29 is 8.42 Å². The molecule has 0 aliphatic carbocycles. The Morgan fingerprint density at radius 2 is 2.11 bits per heavy atom. The lowest BCUT2D eigenvalue weighted by Gasteiger charge is -2.16. The SMILES string of the molecule is CN=C(NCCSC)NCCN1CCCS1(=O)=O. The van der Waals surface area contributed by atoms with Crippen LogP contribution in [0, 0.1) is 0 Å². The van der Waals surface area contributed by atoms with E-state index in [1.165, 1.54) is 4.31 Å². The predicted octanol–water partition coefficient (Wildman–Crippen LogP) is -0.450. The smallest absolute Gasteiger partial charge is 0.214 e. The van der Waals surface area contributed by atoms with Crippen LogP contribution in [0.25, 0.3) is 0 Å². The van der Waals surface area contributed by atoms with Crippen molar-refractivity contribution in [2.45, 2.75) is 6.42 Å². The van der Waals surface area contributed by atoms with Crippen molar-refractivity contribution in [2.24, 2.45) is 4.99 Å². The average molecular weight is 294 g/mol. The number of sulfonamides is 1. The molecule has 1 saturated heterocycles. The fourth-order valence-corrected chi connectivity index (χ4v) is 3.57. The van der Waals surface area contributed by atoms with Gasteiger partial charge in [-0.3, -0.25) is 4.99 Å². The Kier molecular flexibility index (Phi) is 6.80. The van der Waals surface area contributed by atoms with E-state index < -0.39 is 10.0 Å². The highest BCUT2D eigenvalue weighted by molar-refractivity contribution is 7.98. The zero-order chi connectivity index (χ0) is 13.4. The van der Waals surface area contributed by atoms with E-state index in [1.54, 1.807) is 18.8 Å². The molecule has 8 heteroatoms. The molecule has 0 aromatic rings. The molecule has 0 bridgehead atoms. The first kappa shape index (κ1) is 15.6. The number of nitrogens with one attached hydrogen (secondary N) is 2. The summed E-state index contributed by atoms with van der Waals surface area (Å²) in [7, 11) is -1.27. The van der Waals surface area contributed by atoms with E-state index in [2.05, 4.69) is 21.9 Å². The molecule has 0 aromatic heterocycles. The van der Waals surface area contributed by atoms with E-state index >= 15 is 0 Å². The monoisotopic (exact) mass is 294 g/mol. The molecule has 0 atom stereocenters. The topological polar surface area (TPSA) is 73.8 Å². The molecule has 0 unspecified atom stereocenters. The molecule has 6 nitrogen and oxygen atoms in total. The summed E-state index contributed by atoms with van der Waals surface area (Å²) in [4.78, 5) is 4.08. The van der Waals surface area contributed by atoms with E-state index in [0.29, 0.717) is 19.6 Å². The van der Waals surface area contributed by atoms with Gasteiger partial charge in [-0.15, -0.1) is 0 Å². The first-order valence-corrected chi connectivity index (χ1v) is 9.01. The third-order valence-electron chi connectivity index (χ3n) is 2.68. The standard InChI is InChI=1S/C10H22N4O2S2/c1-11-10(13-5-8-17-2)12-4-7-14-6-3-9-18(14,15)16/h3-9H2,1-2H3,(H2,11,12,13). The van der Waals surface area contributed by atoms with E-state index in [4.69, 9.17) is 0 Å². The highest BCUT2D eigenvalue weighted by atomic mass is 32.2. The first-order chi connectivity index (χ1) is 8.60. The number of aliphatic imine (C=N–C) groups is 1. The zero-order valence-corrected chi connectivity index (χ0v) is 12.6. The van der Waals surface area contributed by atoms with Crippen molar-refractivity contribution >= 4 is 27.7 Å². The predicted molar refractivity (Wildman–Crippen MR) is 77.7 cm³/mol. The van der Waals surface area contributed by atoms with Gasteiger partial charge in [-0.25, -0.2) is 12.7 Å². The summed E-state index contributed by atoms with van der Waals surface area (Å²) in [5.74, 6) is 2.02. The minimum absolute atomic E-state index is 0.285. The highest BCUT2D eigenvalue weighted by Crippen LogP contribution is 2.11. The Morgan fingerprint density at radius 3 is 2.67 bits per heavy atom. The Labute approximate surface area is 114 Å². The Balaban J connectivity index is 2.23. The summed E-state index contributed by atoms with van der Waals surface area (Å²) in [6.45, 7) is 2.58. The molecule has 1 aliphatic rings. The maximum absolute atomic E-state index is 11.6. The van der Waals surface area contributed by atoms with E-state index in [0.717, 1.165) is 24.7 Å². The number of nitrogens with zero attached hydrogens (tertiary/aromatic N) is 2. The Morgan fingerprint density at radius 1 is 1.39 bits per heavy atom. The van der Waals surface area contributed by atoms with Crippen LogP contribution >= 0.6 is 11.8 Å². The molecular formula is C10H22N4O2S2. The summed E-state index contributed by atoms with van der Waals surface area (Å²) in [6.07, 6.45) is 2.79. The van der Waals surface area contributed by atoms with Gasteiger partial charge in [0.25, 0.3) is 0 Å². The van der Waals surface area contributed by atoms with Gasteiger partial charge in [-0.1, -0.05) is 0 Å². The summed E-state index contributed by atoms with van der Waals surface area (Å²) >= 11 is 1.77. The van der Waals surface area contributed by atoms with Crippen molar-refractivity contribution in [1.29, 1.82) is 0 Å². The van der Waals surface area contributed by atoms with Crippen LogP contribution in [0.15, 0.2) is 4.99 Å².